The van der Waals surface area contributed by atoms with Crippen LogP contribution in [0.2, 0.25) is 0 Å². The first-order chi connectivity index (χ1) is 12.3. The van der Waals surface area contributed by atoms with E-state index in [1.807, 2.05) is 30.3 Å². The van der Waals surface area contributed by atoms with Crippen molar-refractivity contribution in [2.45, 2.75) is 19.9 Å². The molecule has 1 N–H and O–H groups in total. The summed E-state index contributed by atoms with van der Waals surface area (Å²) in [4.78, 5) is 23.4. The second kappa shape index (κ2) is 8.73. The van der Waals surface area contributed by atoms with Gasteiger partial charge in [-0.15, -0.1) is 0 Å². The number of benzene rings is 2. The largest absolute Gasteiger partial charge is 0.326 e. The second-order valence-corrected chi connectivity index (χ2v) is 8.00. The van der Waals surface area contributed by atoms with E-state index < -0.39 is 10.0 Å². The zero-order valence-electron chi connectivity index (χ0n) is 14.8. The molecule has 0 spiro atoms. The molecule has 0 aromatic heterocycles. The predicted molar refractivity (Wildman–Crippen MR) is 101 cm³/mol. The van der Waals surface area contributed by atoms with Crippen molar-refractivity contribution >= 4 is 27.4 Å². The fraction of sp³-hybridized carbons (Fsp3) is 0.263. The molecule has 1 amide bonds. The first kappa shape index (κ1) is 19.8. The molecule has 0 saturated heterocycles. The van der Waals surface area contributed by atoms with Gasteiger partial charge < -0.3 is 5.32 Å². The number of nitrogens with one attached hydrogen (secondary N) is 1. The molecule has 2 aromatic carbocycles. The summed E-state index contributed by atoms with van der Waals surface area (Å²) in [6.45, 7) is 1.78. The van der Waals surface area contributed by atoms with Crippen LogP contribution < -0.4 is 5.32 Å². The molecule has 2 aromatic rings. The maximum Gasteiger partial charge on any atom is 0.225 e. The average molecular weight is 374 g/mol. The number of rotatable bonds is 8. The maximum absolute atomic E-state index is 12.1. The molecule has 0 radical (unpaired) electrons. The Bertz CT molecular complexity index is 862. The van der Waals surface area contributed by atoms with Gasteiger partial charge in [0.1, 0.15) is 0 Å². The molecule has 6 nitrogen and oxygen atoms in total. The van der Waals surface area contributed by atoms with E-state index >= 15 is 0 Å². The molecular formula is C19H22N2O4S. The Hall–Kier alpha value is -2.51. The Morgan fingerprint density at radius 2 is 1.62 bits per heavy atom. The molecule has 0 aliphatic carbocycles. The van der Waals surface area contributed by atoms with Crippen LogP contribution in [0.5, 0.6) is 0 Å². The van der Waals surface area contributed by atoms with Crippen molar-refractivity contribution in [3.63, 3.8) is 0 Å². The lowest BCUT2D eigenvalue weighted by Crippen LogP contribution is -2.32. The zero-order valence-corrected chi connectivity index (χ0v) is 15.6. The predicted octanol–water partition coefficient (Wildman–Crippen LogP) is 2.68. The van der Waals surface area contributed by atoms with Gasteiger partial charge in [0.2, 0.25) is 15.9 Å². The first-order valence-corrected chi connectivity index (χ1v) is 10.0. The van der Waals surface area contributed by atoms with Crippen molar-refractivity contribution in [3.05, 3.63) is 65.7 Å². The van der Waals surface area contributed by atoms with Crippen LogP contribution in [0.3, 0.4) is 0 Å². The fourth-order valence-corrected chi connectivity index (χ4v) is 3.19. The number of hydrogen-bond donors (Lipinski definition) is 1. The van der Waals surface area contributed by atoms with Crippen molar-refractivity contribution < 1.29 is 18.0 Å². The lowest BCUT2D eigenvalue weighted by molar-refractivity contribution is -0.116. The van der Waals surface area contributed by atoms with Crippen LogP contribution in [-0.2, 0) is 21.4 Å². The van der Waals surface area contributed by atoms with Gasteiger partial charge in [-0.25, -0.2) is 8.42 Å². The van der Waals surface area contributed by atoms with Gasteiger partial charge in [0.05, 0.1) is 6.26 Å². The van der Waals surface area contributed by atoms with E-state index in [1.165, 1.54) is 11.2 Å². The highest BCUT2D eigenvalue weighted by Gasteiger charge is 2.18. The minimum Gasteiger partial charge on any atom is -0.326 e. The third kappa shape index (κ3) is 6.09. The molecule has 0 aliphatic rings. The fourth-order valence-electron chi connectivity index (χ4n) is 2.39. The molecule has 0 heterocycles. The monoisotopic (exact) mass is 374 g/mol. The normalized spacial score (nSPS) is 11.3. The molecular weight excluding hydrogens is 352 g/mol. The third-order valence-corrected chi connectivity index (χ3v) is 5.08. The third-order valence-electron chi connectivity index (χ3n) is 3.83. The van der Waals surface area contributed by atoms with E-state index in [4.69, 9.17) is 0 Å². The Balaban J connectivity index is 1.95. The highest BCUT2D eigenvalue weighted by atomic mass is 32.2. The number of carbonyl (C=O) groups excluding carboxylic acids is 2. The lowest BCUT2D eigenvalue weighted by atomic mass is 10.1. The summed E-state index contributed by atoms with van der Waals surface area (Å²) >= 11 is 0. The van der Waals surface area contributed by atoms with Gasteiger partial charge in [0, 0.05) is 30.8 Å². The van der Waals surface area contributed by atoms with E-state index in [0.717, 1.165) is 11.8 Å². The van der Waals surface area contributed by atoms with E-state index in [9.17, 15) is 18.0 Å². The molecule has 0 bridgehead atoms. The number of sulfonamides is 1. The van der Waals surface area contributed by atoms with Gasteiger partial charge in [-0.05, 0) is 36.8 Å². The van der Waals surface area contributed by atoms with Crippen molar-refractivity contribution in [2.24, 2.45) is 0 Å². The number of Topliss-reactive ketones (excluding diaryl/α,β-unsaturated/α-hetero) is 1. The standard InChI is InChI=1S/C19H22N2O4S/c1-15(22)17-8-10-18(11-9-17)20-19(23)12-13-21(26(2,24)25)14-16-6-4-3-5-7-16/h3-11H,12-14H2,1-2H3,(H,20,23). The van der Waals surface area contributed by atoms with E-state index in [2.05, 4.69) is 5.32 Å². The number of ketones is 1. The number of amides is 1. The number of carbonyl (C=O) groups is 2. The summed E-state index contributed by atoms with van der Waals surface area (Å²) < 4.78 is 25.2. The van der Waals surface area contributed by atoms with Gasteiger partial charge in [0.15, 0.2) is 5.78 Å². The number of anilines is 1. The molecule has 0 unspecified atom stereocenters. The topological polar surface area (TPSA) is 83.6 Å². The van der Waals surface area contributed by atoms with Crippen LogP contribution in [0.25, 0.3) is 0 Å². The van der Waals surface area contributed by atoms with Crippen LogP contribution in [0.15, 0.2) is 54.6 Å². The van der Waals surface area contributed by atoms with Crippen LogP contribution in [0.1, 0.15) is 29.3 Å². The molecule has 7 heteroatoms. The summed E-state index contributed by atoms with van der Waals surface area (Å²) in [5.41, 5.74) is 1.99. The van der Waals surface area contributed by atoms with Crippen molar-refractivity contribution in [1.29, 1.82) is 0 Å². The minimum atomic E-state index is -3.43. The Morgan fingerprint density at radius 1 is 1.00 bits per heavy atom. The molecule has 26 heavy (non-hydrogen) atoms. The minimum absolute atomic E-state index is 0.0361. The highest BCUT2D eigenvalue weighted by Crippen LogP contribution is 2.12. The number of hydrogen-bond acceptors (Lipinski definition) is 4. The Kier molecular flexibility index (Phi) is 6.65. The SMILES string of the molecule is CC(=O)c1ccc(NC(=O)CCN(Cc2ccccc2)S(C)(=O)=O)cc1. The smallest absolute Gasteiger partial charge is 0.225 e. The second-order valence-electron chi connectivity index (χ2n) is 6.01. The Morgan fingerprint density at radius 3 is 2.15 bits per heavy atom. The van der Waals surface area contributed by atoms with Crippen LogP contribution in [0.4, 0.5) is 5.69 Å². The molecule has 2 rings (SSSR count). The highest BCUT2D eigenvalue weighted by molar-refractivity contribution is 7.88. The van der Waals surface area contributed by atoms with Gasteiger partial charge >= 0.3 is 0 Å². The van der Waals surface area contributed by atoms with E-state index in [-0.39, 0.29) is 31.2 Å². The summed E-state index contributed by atoms with van der Waals surface area (Å²) in [6.07, 6.45) is 1.17. The van der Waals surface area contributed by atoms with Crippen molar-refractivity contribution in [3.8, 4) is 0 Å². The quantitative estimate of drug-likeness (QED) is 0.720. The molecule has 0 fully saturated rings. The molecule has 0 atom stereocenters. The number of nitrogens with zero attached hydrogens (tertiary/aromatic N) is 1. The maximum atomic E-state index is 12.1. The van der Waals surface area contributed by atoms with Crippen LogP contribution >= 0.6 is 0 Å². The average Bonchev–Trinajstić information content (AvgIpc) is 2.59. The van der Waals surface area contributed by atoms with Crippen molar-refractivity contribution in [1.82, 2.24) is 4.31 Å². The first-order valence-electron chi connectivity index (χ1n) is 8.15. The van der Waals surface area contributed by atoms with Gasteiger partial charge in [-0.1, -0.05) is 30.3 Å². The summed E-state index contributed by atoms with van der Waals surface area (Å²) in [7, 11) is -3.43. The molecule has 0 saturated carbocycles. The van der Waals surface area contributed by atoms with Crippen molar-refractivity contribution in [2.75, 3.05) is 18.1 Å². The zero-order chi connectivity index (χ0) is 19.2. The lowest BCUT2D eigenvalue weighted by Gasteiger charge is -2.19. The summed E-state index contributed by atoms with van der Waals surface area (Å²) in [5.74, 6) is -0.338. The van der Waals surface area contributed by atoms with Crippen LogP contribution in [-0.4, -0.2) is 37.2 Å². The molecule has 0 aliphatic heterocycles. The molecule has 138 valence electrons. The Labute approximate surface area is 153 Å². The van der Waals surface area contributed by atoms with Crippen LogP contribution in [0, 0.1) is 0 Å². The van der Waals surface area contributed by atoms with E-state index in [1.54, 1.807) is 24.3 Å². The van der Waals surface area contributed by atoms with Gasteiger partial charge in [0.25, 0.3) is 0 Å². The summed E-state index contributed by atoms with van der Waals surface area (Å²) in [6, 6.07) is 15.8. The van der Waals surface area contributed by atoms with Gasteiger partial charge in [-0.3, -0.25) is 9.59 Å². The van der Waals surface area contributed by atoms with E-state index in [0.29, 0.717) is 11.3 Å². The summed E-state index contributed by atoms with van der Waals surface area (Å²) in [5, 5.41) is 2.71. The van der Waals surface area contributed by atoms with Gasteiger partial charge in [-0.2, -0.15) is 4.31 Å².